The van der Waals surface area contributed by atoms with Crippen LogP contribution in [0.4, 0.5) is 11.4 Å². The molecule has 0 aromatic heterocycles. The van der Waals surface area contributed by atoms with Crippen molar-refractivity contribution in [1.82, 2.24) is 0 Å². The lowest BCUT2D eigenvalue weighted by atomic mass is 9.96. The molecule has 0 aliphatic heterocycles. The summed E-state index contributed by atoms with van der Waals surface area (Å²) in [5.41, 5.74) is 1.22. The Hall–Kier alpha value is -1.62. The molecule has 0 amide bonds. The topological polar surface area (TPSA) is 66.6 Å². The van der Waals surface area contributed by atoms with Crippen LogP contribution in [0.25, 0.3) is 0 Å². The first-order chi connectivity index (χ1) is 8.24. The summed E-state index contributed by atoms with van der Waals surface area (Å²) >= 11 is 0. The Balaban J connectivity index is 3.11. The van der Waals surface area contributed by atoms with Gasteiger partial charge in [-0.1, -0.05) is 26.8 Å². The van der Waals surface area contributed by atoms with Crippen LogP contribution in [-0.4, -0.2) is 23.6 Å². The van der Waals surface area contributed by atoms with Gasteiger partial charge in [0.15, 0.2) is 0 Å². The van der Waals surface area contributed by atoms with Crippen molar-refractivity contribution >= 4 is 11.4 Å². The molecule has 0 bridgehead atoms. The van der Waals surface area contributed by atoms with E-state index in [1.54, 1.807) is 12.1 Å². The fourth-order valence-electron chi connectivity index (χ4n) is 1.93. The molecule has 1 N–H and O–H groups in total. The van der Waals surface area contributed by atoms with E-state index in [9.17, 15) is 10.1 Å². The Morgan fingerprint density at radius 2 is 2.00 bits per heavy atom. The second kappa shape index (κ2) is 5.35. The smallest absolute Gasteiger partial charge is 0.292 e. The number of nitro groups is 1. The molecule has 100 valence electrons. The molecule has 0 radical (unpaired) electrons. The highest BCUT2D eigenvalue weighted by molar-refractivity contribution is 5.64. The van der Waals surface area contributed by atoms with Gasteiger partial charge in [-0.3, -0.25) is 10.1 Å². The van der Waals surface area contributed by atoms with E-state index in [2.05, 4.69) is 20.8 Å². The predicted octanol–water partition coefficient (Wildman–Crippen LogP) is 2.57. The van der Waals surface area contributed by atoms with E-state index in [1.807, 2.05) is 11.9 Å². The van der Waals surface area contributed by atoms with Crippen molar-refractivity contribution in [3.63, 3.8) is 0 Å². The summed E-state index contributed by atoms with van der Waals surface area (Å²) in [7, 11) is 1.84. The highest BCUT2D eigenvalue weighted by Gasteiger charge is 2.21. The van der Waals surface area contributed by atoms with Gasteiger partial charge in [0.25, 0.3) is 5.69 Å². The molecule has 1 aromatic rings. The average molecular weight is 252 g/mol. The Kier molecular flexibility index (Phi) is 4.29. The van der Waals surface area contributed by atoms with E-state index in [4.69, 9.17) is 5.11 Å². The molecule has 1 rings (SSSR count). The Morgan fingerprint density at radius 1 is 1.39 bits per heavy atom. The highest BCUT2D eigenvalue weighted by Crippen LogP contribution is 2.30. The van der Waals surface area contributed by atoms with Crippen molar-refractivity contribution in [3.8, 4) is 0 Å². The molecular weight excluding hydrogens is 232 g/mol. The first-order valence-electron chi connectivity index (χ1n) is 5.84. The number of aliphatic hydroxyl groups excluding tert-OH is 1. The molecule has 0 heterocycles. The summed E-state index contributed by atoms with van der Waals surface area (Å²) in [6.07, 6.45) is 0. The normalized spacial score (nSPS) is 11.4. The van der Waals surface area contributed by atoms with Gasteiger partial charge in [-0.15, -0.1) is 0 Å². The summed E-state index contributed by atoms with van der Waals surface area (Å²) in [6, 6.07) is 4.82. The van der Waals surface area contributed by atoms with Gasteiger partial charge in [0.1, 0.15) is 5.69 Å². The number of benzene rings is 1. The van der Waals surface area contributed by atoms with Crippen LogP contribution in [-0.2, 0) is 6.61 Å². The minimum Gasteiger partial charge on any atom is -0.392 e. The van der Waals surface area contributed by atoms with Crippen molar-refractivity contribution in [2.75, 3.05) is 18.5 Å². The van der Waals surface area contributed by atoms with E-state index in [1.165, 1.54) is 6.07 Å². The maximum absolute atomic E-state index is 11.1. The van der Waals surface area contributed by atoms with Gasteiger partial charge in [-0.2, -0.15) is 0 Å². The van der Waals surface area contributed by atoms with Gasteiger partial charge in [0, 0.05) is 19.7 Å². The van der Waals surface area contributed by atoms with Crippen LogP contribution in [0, 0.1) is 15.5 Å². The molecule has 5 heteroatoms. The van der Waals surface area contributed by atoms with Crippen LogP contribution in [0.5, 0.6) is 0 Å². The third-order valence-electron chi connectivity index (χ3n) is 2.54. The molecule has 0 saturated carbocycles. The molecule has 1 aromatic carbocycles. The molecule has 0 fully saturated rings. The molecule has 0 saturated heterocycles. The molecule has 0 unspecified atom stereocenters. The zero-order valence-electron chi connectivity index (χ0n) is 11.3. The minimum atomic E-state index is -0.409. The Morgan fingerprint density at radius 3 is 2.44 bits per heavy atom. The van der Waals surface area contributed by atoms with Gasteiger partial charge < -0.3 is 10.0 Å². The van der Waals surface area contributed by atoms with Crippen LogP contribution >= 0.6 is 0 Å². The molecule has 0 spiro atoms. The van der Waals surface area contributed by atoms with Crippen molar-refractivity contribution in [1.29, 1.82) is 0 Å². The Labute approximate surface area is 107 Å². The van der Waals surface area contributed by atoms with Crippen LogP contribution in [0.15, 0.2) is 18.2 Å². The lowest BCUT2D eigenvalue weighted by Crippen LogP contribution is -2.29. The van der Waals surface area contributed by atoms with E-state index in [0.29, 0.717) is 17.8 Å². The second-order valence-electron chi connectivity index (χ2n) is 5.66. The lowest BCUT2D eigenvalue weighted by Gasteiger charge is -2.28. The monoisotopic (exact) mass is 252 g/mol. The molecule has 18 heavy (non-hydrogen) atoms. The number of nitrogens with zero attached hydrogens (tertiary/aromatic N) is 2. The fourth-order valence-corrected chi connectivity index (χ4v) is 1.93. The number of anilines is 1. The standard InChI is InChI=1S/C13H20N2O3/c1-13(2,3)9-14(4)11-6-5-10(8-16)7-12(11)15(17)18/h5-7,16H,8-9H2,1-4H3. The summed E-state index contributed by atoms with van der Waals surface area (Å²) < 4.78 is 0. The first-order valence-corrected chi connectivity index (χ1v) is 5.84. The maximum Gasteiger partial charge on any atom is 0.292 e. The molecule has 5 nitrogen and oxygen atoms in total. The zero-order valence-corrected chi connectivity index (χ0v) is 11.3. The molecule has 0 aliphatic carbocycles. The maximum atomic E-state index is 11.1. The van der Waals surface area contributed by atoms with Crippen LogP contribution in [0.1, 0.15) is 26.3 Å². The van der Waals surface area contributed by atoms with Crippen LogP contribution < -0.4 is 4.90 Å². The van der Waals surface area contributed by atoms with Crippen molar-refractivity contribution < 1.29 is 10.0 Å². The largest absolute Gasteiger partial charge is 0.392 e. The van der Waals surface area contributed by atoms with E-state index in [0.717, 1.165) is 0 Å². The number of hydrogen-bond donors (Lipinski definition) is 1. The molecular formula is C13H20N2O3. The zero-order chi connectivity index (χ0) is 13.9. The highest BCUT2D eigenvalue weighted by atomic mass is 16.6. The van der Waals surface area contributed by atoms with Crippen molar-refractivity contribution in [2.45, 2.75) is 27.4 Å². The van der Waals surface area contributed by atoms with Gasteiger partial charge in [-0.25, -0.2) is 0 Å². The summed E-state index contributed by atoms with van der Waals surface area (Å²) in [5, 5.41) is 20.1. The predicted molar refractivity (Wildman–Crippen MR) is 71.7 cm³/mol. The summed E-state index contributed by atoms with van der Waals surface area (Å²) in [4.78, 5) is 12.5. The number of nitro benzene ring substituents is 1. The fraction of sp³-hybridized carbons (Fsp3) is 0.538. The first kappa shape index (κ1) is 14.4. The third kappa shape index (κ3) is 3.70. The van der Waals surface area contributed by atoms with Crippen molar-refractivity contribution in [2.24, 2.45) is 5.41 Å². The third-order valence-corrected chi connectivity index (χ3v) is 2.54. The van der Waals surface area contributed by atoms with Gasteiger partial charge in [0.2, 0.25) is 0 Å². The van der Waals surface area contributed by atoms with Gasteiger partial charge in [0.05, 0.1) is 11.5 Å². The number of rotatable bonds is 4. The summed E-state index contributed by atoms with van der Waals surface area (Å²) in [5.74, 6) is 0. The van der Waals surface area contributed by atoms with Gasteiger partial charge >= 0.3 is 0 Å². The van der Waals surface area contributed by atoms with Crippen LogP contribution in [0.3, 0.4) is 0 Å². The average Bonchev–Trinajstić information content (AvgIpc) is 2.25. The SMILES string of the molecule is CN(CC(C)(C)C)c1ccc(CO)cc1[N+](=O)[O-]. The van der Waals surface area contributed by atoms with Crippen LogP contribution in [0.2, 0.25) is 0 Å². The quantitative estimate of drug-likeness (QED) is 0.660. The van der Waals surface area contributed by atoms with Gasteiger partial charge in [-0.05, 0) is 17.0 Å². The lowest BCUT2D eigenvalue weighted by molar-refractivity contribution is -0.384. The molecule has 0 aliphatic rings. The van der Waals surface area contributed by atoms with E-state index in [-0.39, 0.29) is 17.7 Å². The van der Waals surface area contributed by atoms with E-state index < -0.39 is 4.92 Å². The number of hydrogen-bond acceptors (Lipinski definition) is 4. The van der Waals surface area contributed by atoms with Crippen molar-refractivity contribution in [3.05, 3.63) is 33.9 Å². The second-order valence-corrected chi connectivity index (χ2v) is 5.66. The summed E-state index contributed by atoms with van der Waals surface area (Å²) in [6.45, 7) is 6.77. The van der Waals surface area contributed by atoms with E-state index >= 15 is 0 Å². The minimum absolute atomic E-state index is 0.0355. The molecule has 0 atom stereocenters. The Bertz CT molecular complexity index is 438. The number of aliphatic hydroxyl groups is 1.